The third-order valence-electron chi connectivity index (χ3n) is 4.94. The maximum Gasteiger partial charge on any atom is 0.191 e. The van der Waals surface area contributed by atoms with Crippen LogP contribution in [0.3, 0.4) is 0 Å². The summed E-state index contributed by atoms with van der Waals surface area (Å²) in [7, 11) is -3.20. The summed E-state index contributed by atoms with van der Waals surface area (Å²) in [5.74, 6) is 2.45. The number of rotatable bonds is 8. The van der Waals surface area contributed by atoms with Crippen LogP contribution in [0.5, 0.6) is 11.5 Å². The largest absolute Gasteiger partial charge is 0.494 e. The van der Waals surface area contributed by atoms with Crippen molar-refractivity contribution in [1.82, 2.24) is 10.6 Å². The maximum atomic E-state index is 11.6. The van der Waals surface area contributed by atoms with E-state index in [1.165, 1.54) is 11.8 Å². The number of ether oxygens (including phenoxy) is 2. The van der Waals surface area contributed by atoms with E-state index >= 15 is 0 Å². The second kappa shape index (κ2) is 11.7. The Morgan fingerprint density at radius 1 is 1.19 bits per heavy atom. The number of nitrogens with one attached hydrogen (secondary N) is 2. The fraction of sp³-hybridized carbons (Fsp3) is 0.435. The number of hydrogen-bond acceptors (Lipinski definition) is 5. The number of benzene rings is 2. The van der Waals surface area contributed by atoms with Gasteiger partial charge in [-0.3, -0.25) is 0 Å². The summed E-state index contributed by atoms with van der Waals surface area (Å²) in [6.07, 6.45) is 2.28. The molecule has 1 aliphatic rings. The second-order valence-electron chi connectivity index (χ2n) is 7.60. The van der Waals surface area contributed by atoms with Crippen molar-refractivity contribution < 1.29 is 17.9 Å². The summed E-state index contributed by atoms with van der Waals surface area (Å²) in [5.41, 5.74) is 3.12. The first kappa shape index (κ1) is 26.2. The van der Waals surface area contributed by atoms with Crippen LogP contribution in [0.1, 0.15) is 37.5 Å². The minimum absolute atomic E-state index is 0. The molecular formula is C23H32IN3O4S. The van der Waals surface area contributed by atoms with E-state index in [-0.39, 0.29) is 30.1 Å². The van der Waals surface area contributed by atoms with Gasteiger partial charge in [0.1, 0.15) is 17.6 Å². The lowest BCUT2D eigenvalue weighted by Crippen LogP contribution is -2.36. The predicted molar refractivity (Wildman–Crippen MR) is 138 cm³/mol. The molecule has 0 aromatic heterocycles. The predicted octanol–water partition coefficient (Wildman–Crippen LogP) is 3.69. The van der Waals surface area contributed by atoms with Gasteiger partial charge in [0, 0.05) is 36.9 Å². The molecule has 0 aliphatic carbocycles. The summed E-state index contributed by atoms with van der Waals surface area (Å²) in [6.45, 7) is 8.35. The molecule has 1 atom stereocenters. The minimum atomic E-state index is -3.20. The van der Waals surface area contributed by atoms with Gasteiger partial charge in [0.05, 0.1) is 18.0 Å². The van der Waals surface area contributed by atoms with Gasteiger partial charge in [-0.1, -0.05) is 12.1 Å². The van der Waals surface area contributed by atoms with Gasteiger partial charge in [0.25, 0.3) is 0 Å². The molecule has 0 saturated heterocycles. The molecule has 176 valence electrons. The fourth-order valence-electron chi connectivity index (χ4n) is 3.44. The Hall–Kier alpha value is -2.01. The molecule has 1 aliphatic heterocycles. The Labute approximate surface area is 207 Å². The number of hydrogen-bond donors (Lipinski definition) is 2. The third kappa shape index (κ3) is 6.99. The number of aliphatic imine (C=N–C) groups is 1. The Morgan fingerprint density at radius 2 is 1.91 bits per heavy atom. The number of nitrogens with zero attached hydrogens (tertiary/aromatic N) is 1. The van der Waals surface area contributed by atoms with E-state index in [4.69, 9.17) is 9.47 Å². The van der Waals surface area contributed by atoms with Crippen molar-refractivity contribution in [1.29, 1.82) is 0 Å². The third-order valence-corrected chi connectivity index (χ3v) is 6.07. The summed E-state index contributed by atoms with van der Waals surface area (Å²) in [4.78, 5) is 4.93. The van der Waals surface area contributed by atoms with Crippen molar-refractivity contribution in [2.24, 2.45) is 4.99 Å². The van der Waals surface area contributed by atoms with Crippen LogP contribution < -0.4 is 20.1 Å². The van der Waals surface area contributed by atoms with Gasteiger partial charge in [-0.05, 0) is 50.6 Å². The molecule has 7 nitrogen and oxygen atoms in total. The van der Waals surface area contributed by atoms with Crippen LogP contribution >= 0.6 is 24.0 Å². The minimum Gasteiger partial charge on any atom is -0.494 e. The van der Waals surface area contributed by atoms with E-state index in [0.717, 1.165) is 35.6 Å². The molecule has 0 spiro atoms. The summed E-state index contributed by atoms with van der Waals surface area (Å²) >= 11 is 0. The smallest absolute Gasteiger partial charge is 0.191 e. The van der Waals surface area contributed by atoms with Gasteiger partial charge in [0.2, 0.25) is 0 Å². The molecule has 2 aromatic carbocycles. The molecule has 0 bridgehead atoms. The average molecular weight is 573 g/mol. The summed E-state index contributed by atoms with van der Waals surface area (Å²) < 4.78 is 35.0. The highest BCUT2D eigenvalue weighted by Crippen LogP contribution is 2.35. The average Bonchev–Trinajstić information content (AvgIpc) is 3.08. The van der Waals surface area contributed by atoms with Gasteiger partial charge in [0.15, 0.2) is 15.8 Å². The standard InChI is InChI=1S/C23H31N3O4S.HI/c1-5-24-23(25-14-17-7-9-20(10-8-17)31(4,27)28)26-15-19-13-22-18(11-16(3)30-22)12-21(19)29-6-2;/h7-10,12-13,16H,5-6,11,14-15H2,1-4H3,(H2,24,25,26);1H. The molecule has 1 unspecified atom stereocenters. The molecule has 0 radical (unpaired) electrons. The van der Waals surface area contributed by atoms with Crippen LogP contribution in [-0.2, 0) is 29.3 Å². The Morgan fingerprint density at radius 3 is 2.53 bits per heavy atom. The lowest BCUT2D eigenvalue weighted by molar-refractivity contribution is 0.254. The number of fused-ring (bicyclic) bond motifs is 1. The van der Waals surface area contributed by atoms with E-state index in [1.807, 2.05) is 19.9 Å². The first-order valence-electron chi connectivity index (χ1n) is 10.6. The number of guanidine groups is 1. The zero-order valence-corrected chi connectivity index (χ0v) is 22.1. The van der Waals surface area contributed by atoms with Crippen molar-refractivity contribution in [3.63, 3.8) is 0 Å². The Kier molecular flexibility index (Phi) is 9.63. The van der Waals surface area contributed by atoms with Crippen molar-refractivity contribution in [2.45, 2.75) is 51.3 Å². The normalized spacial score (nSPS) is 15.4. The van der Waals surface area contributed by atoms with Gasteiger partial charge in [-0.25, -0.2) is 13.4 Å². The van der Waals surface area contributed by atoms with E-state index in [0.29, 0.717) is 30.6 Å². The number of halogens is 1. The zero-order valence-electron chi connectivity index (χ0n) is 19.0. The van der Waals surface area contributed by atoms with Crippen LogP contribution in [0.25, 0.3) is 0 Å². The van der Waals surface area contributed by atoms with Crippen LogP contribution in [0.4, 0.5) is 0 Å². The molecule has 1 heterocycles. The Balaban J connectivity index is 0.00000363. The lowest BCUT2D eigenvalue weighted by Gasteiger charge is -2.15. The van der Waals surface area contributed by atoms with E-state index in [1.54, 1.807) is 24.3 Å². The lowest BCUT2D eigenvalue weighted by atomic mass is 10.1. The van der Waals surface area contributed by atoms with Gasteiger partial charge < -0.3 is 20.1 Å². The highest BCUT2D eigenvalue weighted by Gasteiger charge is 2.22. The number of sulfone groups is 1. The first-order chi connectivity index (χ1) is 14.8. The van der Waals surface area contributed by atoms with E-state index < -0.39 is 9.84 Å². The van der Waals surface area contributed by atoms with Gasteiger partial charge in [-0.15, -0.1) is 24.0 Å². The summed E-state index contributed by atoms with van der Waals surface area (Å²) in [5, 5.41) is 6.59. The van der Waals surface area contributed by atoms with Crippen LogP contribution in [0.15, 0.2) is 46.3 Å². The van der Waals surface area contributed by atoms with E-state index in [9.17, 15) is 8.42 Å². The molecule has 0 amide bonds. The first-order valence-corrected chi connectivity index (χ1v) is 12.5. The molecule has 2 N–H and O–H groups in total. The molecule has 2 aromatic rings. The van der Waals surface area contributed by atoms with Crippen molar-refractivity contribution in [2.75, 3.05) is 19.4 Å². The van der Waals surface area contributed by atoms with Crippen LogP contribution in [0.2, 0.25) is 0 Å². The van der Waals surface area contributed by atoms with Gasteiger partial charge >= 0.3 is 0 Å². The molecule has 0 saturated carbocycles. The van der Waals surface area contributed by atoms with Crippen LogP contribution in [-0.4, -0.2) is 39.9 Å². The SMILES string of the molecule is CCNC(=NCc1ccc(S(C)(=O)=O)cc1)NCc1cc2c(cc1OCC)CC(C)O2.I. The van der Waals surface area contributed by atoms with Crippen molar-refractivity contribution in [3.8, 4) is 11.5 Å². The highest BCUT2D eigenvalue weighted by atomic mass is 127. The Bertz CT molecular complexity index is 1040. The topological polar surface area (TPSA) is 89.0 Å². The fourth-order valence-corrected chi connectivity index (χ4v) is 4.07. The maximum absolute atomic E-state index is 11.6. The van der Waals surface area contributed by atoms with Gasteiger partial charge in [-0.2, -0.15) is 0 Å². The molecule has 32 heavy (non-hydrogen) atoms. The quantitative estimate of drug-likeness (QED) is 0.285. The molecule has 3 rings (SSSR count). The van der Waals surface area contributed by atoms with E-state index in [2.05, 4.69) is 28.6 Å². The monoisotopic (exact) mass is 573 g/mol. The van der Waals surface area contributed by atoms with Crippen LogP contribution in [0, 0.1) is 0 Å². The van der Waals surface area contributed by atoms with Crippen molar-refractivity contribution >= 4 is 39.8 Å². The zero-order chi connectivity index (χ0) is 22.4. The molecular weight excluding hydrogens is 541 g/mol. The second-order valence-corrected chi connectivity index (χ2v) is 9.61. The van der Waals surface area contributed by atoms with Crippen molar-refractivity contribution in [3.05, 3.63) is 53.1 Å². The molecule has 0 fully saturated rings. The molecule has 9 heteroatoms. The summed E-state index contributed by atoms with van der Waals surface area (Å²) in [6, 6.07) is 10.9. The highest BCUT2D eigenvalue weighted by molar-refractivity contribution is 14.0.